The highest BCUT2D eigenvalue weighted by Gasteiger charge is 2.32. The van der Waals surface area contributed by atoms with Crippen LogP contribution in [0.4, 0.5) is 0 Å². The van der Waals surface area contributed by atoms with Crippen molar-refractivity contribution in [2.45, 2.75) is 24.4 Å². The van der Waals surface area contributed by atoms with Gasteiger partial charge in [0.25, 0.3) is 0 Å². The Hall–Kier alpha value is -1.44. The Bertz CT molecular complexity index is 419. The molecule has 0 fully saturated rings. The fourth-order valence-electron chi connectivity index (χ4n) is 1.67. The van der Waals surface area contributed by atoms with Crippen LogP contribution in [0.15, 0.2) is 36.1 Å². The molecule has 6 nitrogen and oxygen atoms in total. The highest BCUT2D eigenvalue weighted by molar-refractivity contribution is 5.52. The molecule has 4 unspecified atom stereocenters. The van der Waals surface area contributed by atoms with E-state index in [1.807, 2.05) is 6.07 Å². The standard InChI is InChI=1S/C14H20O6/c1-20-11(7-9-5-3-2-4-6-9)13(18)14(19)12(17)10(16)8-15/h2-7,10,12-19H,8H2,1H3. The SMILES string of the molecule is COC(=Cc1ccccc1)C(O)C(O)C(O)C(O)CO. The Morgan fingerprint density at radius 1 is 1.10 bits per heavy atom. The number of aliphatic hydroxyl groups is 5. The smallest absolute Gasteiger partial charge is 0.139 e. The van der Waals surface area contributed by atoms with Crippen LogP contribution in [-0.2, 0) is 4.74 Å². The number of hydrogen-bond acceptors (Lipinski definition) is 6. The second-order valence-electron chi connectivity index (χ2n) is 4.34. The first kappa shape index (κ1) is 16.6. The average molecular weight is 284 g/mol. The highest BCUT2D eigenvalue weighted by atomic mass is 16.5. The summed E-state index contributed by atoms with van der Waals surface area (Å²) in [5.41, 5.74) is 0.743. The van der Waals surface area contributed by atoms with Gasteiger partial charge >= 0.3 is 0 Å². The molecule has 5 N–H and O–H groups in total. The minimum absolute atomic E-state index is 0.0351. The molecule has 0 amide bonds. The molecule has 0 aliphatic carbocycles. The van der Waals surface area contributed by atoms with Gasteiger partial charge in [0, 0.05) is 0 Å². The van der Waals surface area contributed by atoms with E-state index in [0.29, 0.717) is 0 Å². The molecule has 20 heavy (non-hydrogen) atoms. The summed E-state index contributed by atoms with van der Waals surface area (Å²) in [6, 6.07) is 8.98. The normalized spacial score (nSPS) is 18.2. The van der Waals surface area contributed by atoms with Crippen LogP contribution in [0.5, 0.6) is 0 Å². The molecule has 0 aliphatic heterocycles. The van der Waals surface area contributed by atoms with E-state index < -0.39 is 31.0 Å². The lowest BCUT2D eigenvalue weighted by atomic mass is 10.0. The molecule has 6 heteroatoms. The third-order valence-electron chi connectivity index (χ3n) is 2.89. The van der Waals surface area contributed by atoms with Gasteiger partial charge in [-0.15, -0.1) is 0 Å². The number of aliphatic hydroxyl groups excluding tert-OH is 5. The second kappa shape index (κ2) is 7.98. The van der Waals surface area contributed by atoms with Gasteiger partial charge in [-0.3, -0.25) is 0 Å². The fourth-order valence-corrected chi connectivity index (χ4v) is 1.67. The zero-order valence-electron chi connectivity index (χ0n) is 11.1. The van der Waals surface area contributed by atoms with Crippen molar-refractivity contribution in [1.29, 1.82) is 0 Å². The Balaban J connectivity index is 2.86. The second-order valence-corrected chi connectivity index (χ2v) is 4.34. The Labute approximate surface area is 117 Å². The Kier molecular flexibility index (Phi) is 6.63. The molecule has 0 spiro atoms. The summed E-state index contributed by atoms with van der Waals surface area (Å²) in [5.74, 6) is 0.0351. The maximum atomic E-state index is 9.96. The maximum Gasteiger partial charge on any atom is 0.139 e. The van der Waals surface area contributed by atoms with Gasteiger partial charge < -0.3 is 30.3 Å². The van der Waals surface area contributed by atoms with Crippen molar-refractivity contribution in [1.82, 2.24) is 0 Å². The van der Waals surface area contributed by atoms with Gasteiger partial charge in [0.2, 0.25) is 0 Å². The minimum atomic E-state index is -1.69. The molecule has 0 saturated carbocycles. The van der Waals surface area contributed by atoms with E-state index in [-0.39, 0.29) is 5.76 Å². The van der Waals surface area contributed by atoms with Crippen LogP contribution < -0.4 is 0 Å². The first-order chi connectivity index (χ1) is 9.51. The van der Waals surface area contributed by atoms with Gasteiger partial charge in [0.05, 0.1) is 13.7 Å². The minimum Gasteiger partial charge on any atom is -0.498 e. The van der Waals surface area contributed by atoms with Gasteiger partial charge in [-0.25, -0.2) is 0 Å². The van der Waals surface area contributed by atoms with E-state index >= 15 is 0 Å². The van der Waals surface area contributed by atoms with Crippen LogP contribution in [0.1, 0.15) is 5.56 Å². The monoisotopic (exact) mass is 284 g/mol. The van der Waals surface area contributed by atoms with Crippen LogP contribution in [0.25, 0.3) is 6.08 Å². The number of methoxy groups -OCH3 is 1. The van der Waals surface area contributed by atoms with E-state index in [9.17, 15) is 20.4 Å². The van der Waals surface area contributed by atoms with Crippen molar-refractivity contribution in [3.05, 3.63) is 41.7 Å². The summed E-state index contributed by atoms with van der Waals surface area (Å²) in [7, 11) is 1.32. The molecule has 0 radical (unpaired) electrons. The molecule has 4 atom stereocenters. The van der Waals surface area contributed by atoms with E-state index in [1.165, 1.54) is 13.2 Å². The molecule has 1 aromatic rings. The molecule has 0 heterocycles. The predicted octanol–water partition coefficient (Wildman–Crippen LogP) is -0.890. The third kappa shape index (κ3) is 4.29. The average Bonchev–Trinajstić information content (AvgIpc) is 2.50. The number of rotatable bonds is 7. The lowest BCUT2D eigenvalue weighted by molar-refractivity contribution is -0.114. The lowest BCUT2D eigenvalue weighted by Crippen LogP contribution is -2.46. The Morgan fingerprint density at radius 2 is 1.70 bits per heavy atom. The van der Waals surface area contributed by atoms with Crippen LogP contribution >= 0.6 is 0 Å². The summed E-state index contributed by atoms with van der Waals surface area (Å²) in [6.45, 7) is -0.727. The predicted molar refractivity (Wildman–Crippen MR) is 72.5 cm³/mol. The molecule has 112 valence electrons. The molecular formula is C14H20O6. The van der Waals surface area contributed by atoms with E-state index in [2.05, 4.69) is 0 Å². The molecule has 0 bridgehead atoms. The van der Waals surface area contributed by atoms with E-state index in [0.717, 1.165) is 5.56 Å². The van der Waals surface area contributed by atoms with Gasteiger partial charge in [-0.05, 0) is 11.6 Å². The van der Waals surface area contributed by atoms with Crippen molar-refractivity contribution >= 4 is 6.08 Å². The van der Waals surface area contributed by atoms with Crippen molar-refractivity contribution < 1.29 is 30.3 Å². The first-order valence-electron chi connectivity index (χ1n) is 6.15. The number of ether oxygens (including phenoxy) is 1. The molecule has 1 aromatic carbocycles. The van der Waals surface area contributed by atoms with Gasteiger partial charge in [-0.1, -0.05) is 30.3 Å². The van der Waals surface area contributed by atoms with Crippen LogP contribution in [0.2, 0.25) is 0 Å². The topological polar surface area (TPSA) is 110 Å². The van der Waals surface area contributed by atoms with Crippen LogP contribution in [0.3, 0.4) is 0 Å². The van der Waals surface area contributed by atoms with Crippen molar-refractivity contribution in [2.75, 3.05) is 13.7 Å². The molecule has 0 aliphatic rings. The van der Waals surface area contributed by atoms with Crippen molar-refractivity contribution in [3.8, 4) is 0 Å². The van der Waals surface area contributed by atoms with Gasteiger partial charge in [0.15, 0.2) is 0 Å². The summed E-state index contributed by atoms with van der Waals surface area (Å²) >= 11 is 0. The van der Waals surface area contributed by atoms with E-state index in [1.54, 1.807) is 24.3 Å². The molecule has 0 saturated heterocycles. The quantitative estimate of drug-likeness (QED) is 0.415. The molecule has 0 aromatic heterocycles. The molecular weight excluding hydrogens is 264 g/mol. The Morgan fingerprint density at radius 3 is 2.20 bits per heavy atom. The molecule has 1 rings (SSSR count). The maximum absolute atomic E-state index is 9.96. The zero-order valence-corrected chi connectivity index (χ0v) is 11.1. The summed E-state index contributed by atoms with van der Waals surface area (Å²) in [4.78, 5) is 0. The van der Waals surface area contributed by atoms with Crippen molar-refractivity contribution in [3.63, 3.8) is 0 Å². The van der Waals surface area contributed by atoms with Crippen LogP contribution in [0, 0.1) is 0 Å². The third-order valence-corrected chi connectivity index (χ3v) is 2.89. The highest BCUT2D eigenvalue weighted by Crippen LogP contribution is 2.16. The van der Waals surface area contributed by atoms with Gasteiger partial charge in [0.1, 0.15) is 30.2 Å². The largest absolute Gasteiger partial charge is 0.498 e. The number of hydrogen-bond donors (Lipinski definition) is 5. The van der Waals surface area contributed by atoms with Gasteiger partial charge in [-0.2, -0.15) is 0 Å². The van der Waals surface area contributed by atoms with E-state index in [4.69, 9.17) is 9.84 Å². The summed E-state index contributed by atoms with van der Waals surface area (Å²) in [6.07, 6.45) is -4.95. The zero-order chi connectivity index (χ0) is 15.1. The lowest BCUT2D eigenvalue weighted by Gasteiger charge is -2.26. The van der Waals surface area contributed by atoms with Crippen LogP contribution in [-0.4, -0.2) is 63.7 Å². The number of benzene rings is 1. The van der Waals surface area contributed by atoms with Crippen molar-refractivity contribution in [2.24, 2.45) is 0 Å². The summed E-state index contributed by atoms with van der Waals surface area (Å²) in [5, 5.41) is 47.3. The first-order valence-corrected chi connectivity index (χ1v) is 6.15. The fraction of sp³-hybridized carbons (Fsp3) is 0.429. The summed E-state index contributed by atoms with van der Waals surface area (Å²) < 4.78 is 5.00.